The van der Waals surface area contributed by atoms with Crippen molar-refractivity contribution < 1.29 is 18.3 Å². The van der Waals surface area contributed by atoms with Crippen molar-refractivity contribution in [3.8, 4) is 5.75 Å². The van der Waals surface area contributed by atoms with Crippen LogP contribution < -0.4 is 10.5 Å². The van der Waals surface area contributed by atoms with Crippen molar-refractivity contribution in [2.24, 2.45) is 11.7 Å². The fourth-order valence-corrected chi connectivity index (χ4v) is 3.27. The first kappa shape index (κ1) is 22.6. The number of carbonyl (C=O) groups excluding carboxylic acids is 1. The summed E-state index contributed by atoms with van der Waals surface area (Å²) in [5.74, 6) is 0.291. The molecule has 1 fully saturated rings. The molecule has 0 aliphatic carbocycles. The highest BCUT2D eigenvalue weighted by Gasteiger charge is 2.15. The minimum atomic E-state index is -2.88. The van der Waals surface area contributed by atoms with Crippen molar-refractivity contribution in [1.82, 2.24) is 9.88 Å². The number of primary amides is 1. The fourth-order valence-electron chi connectivity index (χ4n) is 3.27. The molecule has 2 N–H and O–H groups in total. The normalized spacial score (nSPS) is 13.8. The molecule has 2 heterocycles. The lowest BCUT2D eigenvalue weighted by Gasteiger charge is -2.20. The fraction of sp³-hybridized carbons (Fsp3) is 0.455. The van der Waals surface area contributed by atoms with Gasteiger partial charge in [0.25, 0.3) is 0 Å². The van der Waals surface area contributed by atoms with E-state index < -0.39 is 12.5 Å². The van der Waals surface area contributed by atoms with Gasteiger partial charge < -0.3 is 15.4 Å². The molecule has 5 nitrogen and oxygen atoms in total. The lowest BCUT2D eigenvalue weighted by Crippen LogP contribution is -2.22. The van der Waals surface area contributed by atoms with Crippen LogP contribution in [0.25, 0.3) is 10.9 Å². The Bertz CT molecular complexity index is 869. The van der Waals surface area contributed by atoms with Gasteiger partial charge in [0.2, 0.25) is 5.91 Å². The molecular formula is C22H29F2N3O2. The number of nitrogens with zero attached hydrogens (tertiary/aromatic N) is 2. The third kappa shape index (κ3) is 6.41. The number of hydrogen-bond donors (Lipinski definition) is 1. The number of likely N-dealkylation sites (tertiary alicyclic amines) is 1. The van der Waals surface area contributed by atoms with Crippen molar-refractivity contribution in [3.63, 3.8) is 0 Å². The Balaban J connectivity index is 0.000000253. The van der Waals surface area contributed by atoms with E-state index in [9.17, 15) is 13.6 Å². The topological polar surface area (TPSA) is 68.5 Å². The number of benzene rings is 1. The van der Waals surface area contributed by atoms with E-state index in [-0.39, 0.29) is 11.3 Å². The Morgan fingerprint density at radius 3 is 2.59 bits per heavy atom. The number of pyridine rings is 1. The van der Waals surface area contributed by atoms with Crippen LogP contribution in [-0.2, 0) is 6.42 Å². The average Bonchev–Trinajstić information content (AvgIpc) is 3.04. The van der Waals surface area contributed by atoms with Crippen LogP contribution in [0.2, 0.25) is 0 Å². The molecule has 3 rings (SSSR count). The summed E-state index contributed by atoms with van der Waals surface area (Å²) in [6, 6.07) is 4.69. The minimum absolute atomic E-state index is 0.101. The van der Waals surface area contributed by atoms with Crippen molar-refractivity contribution in [3.05, 3.63) is 47.8 Å². The molecule has 1 amide bonds. The van der Waals surface area contributed by atoms with Gasteiger partial charge in [-0.2, -0.15) is 8.78 Å². The zero-order valence-corrected chi connectivity index (χ0v) is 17.3. The molecule has 0 saturated carbocycles. The standard InChI is InChI=1S/C13H12F2N2O2.C9H17N/c1-2-7-3-8-4-9(12(16)18)6-17-10(8)5-11(7)19-13(14)15;1-8(2)7-10-6-4-5-9(10)3/h3-6,13H,2H2,1H3,(H2,16,18);8H,3-7H2,1-2H3. The Morgan fingerprint density at radius 1 is 1.34 bits per heavy atom. The summed E-state index contributed by atoms with van der Waals surface area (Å²) in [4.78, 5) is 17.5. The maximum atomic E-state index is 12.3. The first-order valence-electron chi connectivity index (χ1n) is 9.81. The summed E-state index contributed by atoms with van der Waals surface area (Å²) < 4.78 is 29.1. The molecule has 1 aromatic heterocycles. The third-order valence-electron chi connectivity index (χ3n) is 4.67. The molecule has 1 aromatic carbocycles. The number of aromatic nitrogens is 1. The summed E-state index contributed by atoms with van der Waals surface area (Å²) in [5, 5.41) is 0.662. The predicted molar refractivity (Wildman–Crippen MR) is 111 cm³/mol. The van der Waals surface area contributed by atoms with Gasteiger partial charge in [0.1, 0.15) is 5.75 Å². The van der Waals surface area contributed by atoms with Gasteiger partial charge in [0.15, 0.2) is 0 Å². The molecule has 7 heteroatoms. The SMILES string of the molecule is C=C1CCCN1CC(C)C.CCc1cc2cc(C(N)=O)cnc2cc1OC(F)F. The number of aryl methyl sites for hydroxylation is 1. The van der Waals surface area contributed by atoms with Gasteiger partial charge in [-0.3, -0.25) is 9.78 Å². The summed E-state index contributed by atoms with van der Waals surface area (Å²) in [6.45, 7) is 9.89. The molecule has 1 saturated heterocycles. The molecule has 2 aromatic rings. The smallest absolute Gasteiger partial charge is 0.387 e. The van der Waals surface area contributed by atoms with Crippen molar-refractivity contribution in [2.45, 2.75) is 46.6 Å². The monoisotopic (exact) mass is 405 g/mol. The number of fused-ring (bicyclic) bond motifs is 1. The van der Waals surface area contributed by atoms with Crippen molar-refractivity contribution in [2.75, 3.05) is 13.1 Å². The van der Waals surface area contributed by atoms with Gasteiger partial charge in [-0.25, -0.2) is 0 Å². The quantitative estimate of drug-likeness (QED) is 0.753. The highest BCUT2D eigenvalue weighted by molar-refractivity contribution is 5.96. The average molecular weight is 405 g/mol. The molecule has 158 valence electrons. The predicted octanol–water partition coefficient (Wildman–Crippen LogP) is 4.75. The van der Waals surface area contributed by atoms with Gasteiger partial charge >= 0.3 is 6.61 Å². The van der Waals surface area contributed by atoms with Crippen LogP contribution >= 0.6 is 0 Å². The molecular weight excluding hydrogens is 376 g/mol. The number of nitrogens with two attached hydrogens (primary N) is 1. The maximum absolute atomic E-state index is 12.3. The zero-order chi connectivity index (χ0) is 21.6. The van der Waals surface area contributed by atoms with Crippen LogP contribution in [0, 0.1) is 5.92 Å². The summed E-state index contributed by atoms with van der Waals surface area (Å²) in [7, 11) is 0. The van der Waals surface area contributed by atoms with E-state index in [1.807, 2.05) is 6.92 Å². The van der Waals surface area contributed by atoms with Crippen LogP contribution in [0.3, 0.4) is 0 Å². The third-order valence-corrected chi connectivity index (χ3v) is 4.67. The number of allylic oxidation sites excluding steroid dienone is 1. The van der Waals surface area contributed by atoms with Gasteiger partial charge in [0.05, 0.1) is 11.1 Å². The Morgan fingerprint density at radius 2 is 2.07 bits per heavy atom. The highest BCUT2D eigenvalue weighted by Crippen LogP contribution is 2.27. The van der Waals surface area contributed by atoms with Crippen LogP contribution in [0.4, 0.5) is 8.78 Å². The maximum Gasteiger partial charge on any atom is 0.387 e. The number of alkyl halides is 2. The van der Waals surface area contributed by atoms with Crippen LogP contribution in [0.1, 0.15) is 49.5 Å². The number of halogens is 2. The highest BCUT2D eigenvalue weighted by atomic mass is 19.3. The number of ether oxygens (including phenoxy) is 1. The Hall–Kier alpha value is -2.70. The second-order valence-corrected chi connectivity index (χ2v) is 7.48. The van der Waals surface area contributed by atoms with Gasteiger partial charge in [0, 0.05) is 36.4 Å². The number of rotatable bonds is 6. The van der Waals surface area contributed by atoms with E-state index in [0.29, 0.717) is 22.9 Å². The molecule has 1 aliphatic heterocycles. The van der Waals surface area contributed by atoms with Crippen LogP contribution in [0.5, 0.6) is 5.75 Å². The zero-order valence-electron chi connectivity index (χ0n) is 17.3. The Kier molecular flexibility index (Phi) is 7.93. The lowest BCUT2D eigenvalue weighted by atomic mass is 10.1. The molecule has 0 atom stereocenters. The van der Waals surface area contributed by atoms with Gasteiger partial charge in [-0.15, -0.1) is 0 Å². The minimum Gasteiger partial charge on any atom is -0.434 e. The number of amides is 1. The van der Waals surface area contributed by atoms with Crippen LogP contribution in [0.15, 0.2) is 36.7 Å². The van der Waals surface area contributed by atoms with Crippen LogP contribution in [-0.4, -0.2) is 35.5 Å². The van der Waals surface area contributed by atoms with Crippen molar-refractivity contribution in [1.29, 1.82) is 0 Å². The van der Waals surface area contributed by atoms with E-state index in [0.717, 1.165) is 5.92 Å². The lowest BCUT2D eigenvalue weighted by molar-refractivity contribution is -0.0503. The molecule has 0 bridgehead atoms. The number of hydrogen-bond acceptors (Lipinski definition) is 4. The van der Waals surface area contributed by atoms with Gasteiger partial charge in [-0.1, -0.05) is 27.4 Å². The molecule has 1 aliphatic rings. The summed E-state index contributed by atoms with van der Waals surface area (Å²) in [6.07, 6.45) is 4.36. The first-order valence-corrected chi connectivity index (χ1v) is 9.81. The first-order chi connectivity index (χ1) is 13.7. The molecule has 0 spiro atoms. The molecule has 0 radical (unpaired) electrons. The van der Waals surface area contributed by atoms with E-state index in [4.69, 9.17) is 5.73 Å². The number of carbonyl (C=O) groups is 1. The molecule has 0 unspecified atom stereocenters. The van der Waals surface area contributed by atoms with E-state index in [1.54, 1.807) is 12.1 Å². The van der Waals surface area contributed by atoms with E-state index >= 15 is 0 Å². The van der Waals surface area contributed by atoms with E-state index in [2.05, 4.69) is 35.0 Å². The van der Waals surface area contributed by atoms with Crippen molar-refractivity contribution >= 4 is 16.8 Å². The second kappa shape index (κ2) is 10.2. The van der Waals surface area contributed by atoms with Gasteiger partial charge in [-0.05, 0) is 42.9 Å². The molecule has 29 heavy (non-hydrogen) atoms. The summed E-state index contributed by atoms with van der Waals surface area (Å²) >= 11 is 0. The Labute approximate surface area is 170 Å². The second-order valence-electron chi connectivity index (χ2n) is 7.48. The largest absolute Gasteiger partial charge is 0.434 e. The van der Waals surface area contributed by atoms with E-state index in [1.165, 1.54) is 43.9 Å². The summed E-state index contributed by atoms with van der Waals surface area (Å²) in [5.41, 5.74) is 7.88.